The molecule has 1 amide bonds. The average molecular weight is 266 g/mol. The first-order valence-electron chi connectivity index (χ1n) is 6.31. The molecule has 1 aliphatic heterocycles. The molecule has 0 saturated carbocycles. The lowest BCUT2D eigenvalue weighted by atomic mass is 10.3. The zero-order chi connectivity index (χ0) is 13.8. The zero-order valence-corrected chi connectivity index (χ0v) is 11.2. The lowest BCUT2D eigenvalue weighted by molar-refractivity contribution is -0.160. The molecule has 0 unspecified atom stereocenters. The predicted molar refractivity (Wildman–Crippen MR) is 68.6 cm³/mol. The molecule has 2 rings (SSSR count). The third kappa shape index (κ3) is 2.86. The van der Waals surface area contributed by atoms with E-state index in [1.54, 1.807) is 13.1 Å². The molecule has 7 nitrogen and oxygen atoms in total. The molecule has 0 spiro atoms. The Morgan fingerprint density at radius 1 is 1.32 bits per heavy atom. The zero-order valence-electron chi connectivity index (χ0n) is 11.2. The highest BCUT2D eigenvalue weighted by molar-refractivity contribution is 6.32. The topological polar surface area (TPSA) is 67.7 Å². The number of aromatic nitrogens is 2. The molecule has 0 bridgehead atoms. The van der Waals surface area contributed by atoms with Gasteiger partial charge in [-0.1, -0.05) is 0 Å². The minimum Gasteiger partial charge on any atom is -0.459 e. The summed E-state index contributed by atoms with van der Waals surface area (Å²) in [4.78, 5) is 31.0. The average Bonchev–Trinajstić information content (AvgIpc) is 2.84. The lowest BCUT2D eigenvalue weighted by Crippen LogP contribution is -2.51. The molecule has 1 saturated heterocycles. The van der Waals surface area contributed by atoms with E-state index in [-0.39, 0.29) is 6.61 Å². The highest BCUT2D eigenvalue weighted by Gasteiger charge is 2.27. The van der Waals surface area contributed by atoms with Gasteiger partial charge in [-0.15, -0.1) is 0 Å². The number of esters is 1. The fourth-order valence-electron chi connectivity index (χ4n) is 2.09. The van der Waals surface area contributed by atoms with Gasteiger partial charge in [0.25, 0.3) is 0 Å². The monoisotopic (exact) mass is 266 g/mol. The summed E-state index contributed by atoms with van der Waals surface area (Å²) in [6.45, 7) is 4.24. The summed E-state index contributed by atoms with van der Waals surface area (Å²) in [7, 11) is 1.93. The van der Waals surface area contributed by atoms with Gasteiger partial charge in [0, 0.05) is 45.6 Å². The third-order valence-electron chi connectivity index (χ3n) is 3.10. The molecule has 0 N–H and O–H groups in total. The Bertz CT molecular complexity index is 463. The van der Waals surface area contributed by atoms with Gasteiger partial charge in [-0.05, 0) is 6.92 Å². The van der Waals surface area contributed by atoms with Crippen molar-refractivity contribution < 1.29 is 14.3 Å². The van der Waals surface area contributed by atoms with Crippen LogP contribution >= 0.6 is 0 Å². The van der Waals surface area contributed by atoms with E-state index < -0.39 is 11.9 Å². The maximum absolute atomic E-state index is 11.8. The molecule has 19 heavy (non-hydrogen) atoms. The predicted octanol–water partition coefficient (Wildman–Crippen LogP) is -0.368. The summed E-state index contributed by atoms with van der Waals surface area (Å²) >= 11 is 0. The second-order valence-corrected chi connectivity index (χ2v) is 4.34. The molecule has 1 aromatic rings. The van der Waals surface area contributed by atoms with Gasteiger partial charge in [0.1, 0.15) is 0 Å². The van der Waals surface area contributed by atoms with E-state index in [2.05, 4.69) is 9.88 Å². The molecule has 0 radical (unpaired) electrons. The molecule has 104 valence electrons. The Kier molecular flexibility index (Phi) is 4.03. The summed E-state index contributed by atoms with van der Waals surface area (Å²) in [5.41, 5.74) is 0. The van der Waals surface area contributed by atoms with Crippen LogP contribution in [-0.4, -0.2) is 59.1 Å². The number of piperazine rings is 1. The van der Waals surface area contributed by atoms with Crippen LogP contribution in [0, 0.1) is 0 Å². The number of hydrogen-bond acceptors (Lipinski definition) is 5. The van der Waals surface area contributed by atoms with Gasteiger partial charge in [0.05, 0.1) is 6.61 Å². The maximum atomic E-state index is 11.8. The number of carbonyl (C=O) groups is 2. The van der Waals surface area contributed by atoms with Gasteiger partial charge in [0.15, 0.2) is 0 Å². The number of carbonyl (C=O) groups excluding carboxylic acids is 2. The van der Waals surface area contributed by atoms with Crippen molar-refractivity contribution >= 4 is 17.8 Å². The van der Waals surface area contributed by atoms with Crippen LogP contribution in [0.4, 0.5) is 5.95 Å². The normalized spacial score (nSPS) is 15.5. The highest BCUT2D eigenvalue weighted by atomic mass is 16.5. The van der Waals surface area contributed by atoms with Crippen molar-refractivity contribution in [2.24, 2.45) is 7.05 Å². The smallest absolute Gasteiger partial charge is 0.397 e. The first-order valence-corrected chi connectivity index (χ1v) is 6.31. The summed E-state index contributed by atoms with van der Waals surface area (Å²) in [6, 6.07) is 0. The minimum atomic E-state index is -0.770. The van der Waals surface area contributed by atoms with E-state index >= 15 is 0 Å². The summed E-state index contributed by atoms with van der Waals surface area (Å²) in [5.74, 6) is -0.447. The molecule has 0 aromatic carbocycles. The number of nitrogens with zero attached hydrogens (tertiary/aromatic N) is 4. The van der Waals surface area contributed by atoms with Crippen molar-refractivity contribution in [3.05, 3.63) is 12.4 Å². The minimum absolute atomic E-state index is 0.220. The van der Waals surface area contributed by atoms with Gasteiger partial charge < -0.3 is 19.1 Å². The summed E-state index contributed by atoms with van der Waals surface area (Å²) < 4.78 is 6.65. The van der Waals surface area contributed by atoms with Crippen molar-refractivity contribution in [3.8, 4) is 0 Å². The summed E-state index contributed by atoms with van der Waals surface area (Å²) in [6.07, 6.45) is 3.62. The Hall–Kier alpha value is -2.05. The summed E-state index contributed by atoms with van der Waals surface area (Å²) in [5, 5.41) is 0. The van der Waals surface area contributed by atoms with Crippen molar-refractivity contribution in [3.63, 3.8) is 0 Å². The number of amides is 1. The number of imidazole rings is 1. The Morgan fingerprint density at radius 2 is 2.00 bits per heavy atom. The number of rotatable bonds is 2. The van der Waals surface area contributed by atoms with Crippen molar-refractivity contribution in [1.29, 1.82) is 0 Å². The first-order chi connectivity index (χ1) is 9.13. The molecule has 7 heteroatoms. The Balaban J connectivity index is 1.91. The standard InChI is InChI=1S/C12H18N4O3/c1-3-19-11(18)10(17)15-6-8-16(9-7-15)12-13-4-5-14(12)2/h4-5H,3,6-9H2,1-2H3. The molecular weight excluding hydrogens is 248 g/mol. The molecule has 0 aliphatic carbocycles. The molecule has 0 atom stereocenters. The van der Waals surface area contributed by atoms with Crippen LogP contribution in [0.25, 0.3) is 0 Å². The van der Waals surface area contributed by atoms with E-state index in [9.17, 15) is 9.59 Å². The van der Waals surface area contributed by atoms with Crippen molar-refractivity contribution in [2.75, 3.05) is 37.7 Å². The first kappa shape index (κ1) is 13.4. The van der Waals surface area contributed by atoms with Crippen LogP contribution in [0.3, 0.4) is 0 Å². The molecular formula is C12H18N4O3. The second-order valence-electron chi connectivity index (χ2n) is 4.34. The number of ether oxygens (including phenoxy) is 1. The van der Waals surface area contributed by atoms with Gasteiger partial charge in [-0.25, -0.2) is 9.78 Å². The fourth-order valence-corrected chi connectivity index (χ4v) is 2.09. The van der Waals surface area contributed by atoms with Crippen molar-refractivity contribution in [1.82, 2.24) is 14.5 Å². The van der Waals surface area contributed by atoms with Gasteiger partial charge in [0.2, 0.25) is 5.95 Å². The van der Waals surface area contributed by atoms with E-state index in [0.717, 1.165) is 5.95 Å². The van der Waals surface area contributed by atoms with Gasteiger partial charge >= 0.3 is 11.9 Å². The van der Waals surface area contributed by atoms with Crippen molar-refractivity contribution in [2.45, 2.75) is 6.92 Å². The number of aryl methyl sites for hydroxylation is 1. The molecule has 2 heterocycles. The molecule has 1 aromatic heterocycles. The maximum Gasteiger partial charge on any atom is 0.397 e. The van der Waals surface area contributed by atoms with Crippen LogP contribution < -0.4 is 4.90 Å². The Labute approximate surface area is 111 Å². The highest BCUT2D eigenvalue weighted by Crippen LogP contribution is 2.13. The third-order valence-corrected chi connectivity index (χ3v) is 3.10. The van der Waals surface area contributed by atoms with E-state index in [1.807, 2.05) is 17.8 Å². The number of hydrogen-bond donors (Lipinski definition) is 0. The fraction of sp³-hybridized carbons (Fsp3) is 0.583. The molecule has 1 fully saturated rings. The largest absolute Gasteiger partial charge is 0.459 e. The van der Waals surface area contributed by atoms with E-state index in [0.29, 0.717) is 26.2 Å². The second kappa shape index (κ2) is 5.73. The van der Waals surface area contributed by atoms with Crippen LogP contribution in [0.15, 0.2) is 12.4 Å². The van der Waals surface area contributed by atoms with Crippen LogP contribution in [-0.2, 0) is 21.4 Å². The van der Waals surface area contributed by atoms with E-state index in [4.69, 9.17) is 4.74 Å². The van der Waals surface area contributed by atoms with Crippen LogP contribution in [0.1, 0.15) is 6.92 Å². The quantitative estimate of drug-likeness (QED) is 0.540. The number of anilines is 1. The SMILES string of the molecule is CCOC(=O)C(=O)N1CCN(c2nccn2C)CC1. The van der Waals surface area contributed by atoms with Gasteiger partial charge in [-0.3, -0.25) is 4.79 Å². The van der Waals surface area contributed by atoms with Gasteiger partial charge in [-0.2, -0.15) is 0 Å². The van der Waals surface area contributed by atoms with E-state index in [1.165, 1.54) is 4.90 Å². The van der Waals surface area contributed by atoms with Crippen LogP contribution in [0.2, 0.25) is 0 Å². The molecule has 1 aliphatic rings. The van der Waals surface area contributed by atoms with Crippen LogP contribution in [0.5, 0.6) is 0 Å². The Morgan fingerprint density at radius 3 is 2.53 bits per heavy atom. The lowest BCUT2D eigenvalue weighted by Gasteiger charge is -2.34.